The Balaban J connectivity index is 0.000000224. The fraction of sp³-hybridized carbons (Fsp3) is 0. The lowest BCUT2D eigenvalue weighted by atomic mass is 10.2. The maximum atomic E-state index is 10.4. The summed E-state index contributed by atoms with van der Waals surface area (Å²) in [5.74, 6) is -2.08. The van der Waals surface area contributed by atoms with Gasteiger partial charge in [-0.1, -0.05) is 18.2 Å². The maximum Gasteiger partial charge on any atom is 0.336 e. The molecule has 2 rings (SSSR count). The van der Waals surface area contributed by atoms with Crippen molar-refractivity contribution in [3.05, 3.63) is 74.2 Å². The van der Waals surface area contributed by atoms with Gasteiger partial charge in [0, 0.05) is 16.6 Å². The Morgan fingerprint density at radius 1 is 1.00 bits per heavy atom. The Bertz CT molecular complexity index is 687. The molecule has 0 aliphatic rings. The van der Waals surface area contributed by atoms with Gasteiger partial charge < -0.3 is 10.2 Å². The van der Waals surface area contributed by atoms with Gasteiger partial charge in [-0.15, -0.1) is 0 Å². The van der Waals surface area contributed by atoms with Gasteiger partial charge in [0.15, 0.2) is 0 Å². The summed E-state index contributed by atoms with van der Waals surface area (Å²) in [6.45, 7) is 0. The molecule has 2 N–H and O–H groups in total. The highest BCUT2D eigenvalue weighted by Gasteiger charge is 2.09. The minimum absolute atomic E-state index is 0.0794. The second-order valence-corrected chi connectivity index (χ2v) is 4.75. The van der Waals surface area contributed by atoms with Gasteiger partial charge in [0.05, 0.1) is 16.1 Å². The van der Waals surface area contributed by atoms with Crippen LogP contribution in [0.4, 0.5) is 5.69 Å². The van der Waals surface area contributed by atoms with E-state index >= 15 is 0 Å². The number of non-ortho nitro benzene ring substituents is 1. The van der Waals surface area contributed by atoms with Crippen molar-refractivity contribution in [2.75, 3.05) is 0 Å². The van der Waals surface area contributed by atoms with Crippen LogP contribution in [0.2, 0.25) is 0 Å². The van der Waals surface area contributed by atoms with E-state index in [2.05, 4.69) is 15.9 Å². The molecule has 0 saturated heterocycles. The van der Waals surface area contributed by atoms with E-state index in [1.807, 2.05) is 0 Å². The number of nitro benzene ring substituents is 1. The number of carboxylic acids is 2. The quantitative estimate of drug-likeness (QED) is 0.633. The van der Waals surface area contributed by atoms with E-state index in [0.717, 1.165) is 6.07 Å². The predicted octanol–water partition coefficient (Wildman–Crippen LogP) is 3.44. The molecular weight excluding hydrogens is 358 g/mol. The van der Waals surface area contributed by atoms with Crippen LogP contribution in [0.5, 0.6) is 0 Å². The van der Waals surface area contributed by atoms with E-state index in [0.29, 0.717) is 10.0 Å². The highest BCUT2D eigenvalue weighted by atomic mass is 79.9. The van der Waals surface area contributed by atoms with Crippen molar-refractivity contribution in [3.8, 4) is 0 Å². The third kappa shape index (κ3) is 4.98. The van der Waals surface area contributed by atoms with Crippen molar-refractivity contribution >= 4 is 33.6 Å². The summed E-state index contributed by atoms with van der Waals surface area (Å²) in [7, 11) is 0. The number of hydrogen-bond donors (Lipinski definition) is 2. The van der Waals surface area contributed by atoms with Crippen LogP contribution in [-0.2, 0) is 0 Å². The summed E-state index contributed by atoms with van der Waals surface area (Å²) in [5, 5.41) is 27.2. The second kappa shape index (κ2) is 7.89. The number of hydrogen-bond acceptors (Lipinski definition) is 4. The lowest BCUT2D eigenvalue weighted by Crippen LogP contribution is -1.97. The Morgan fingerprint density at radius 2 is 1.64 bits per heavy atom. The summed E-state index contributed by atoms with van der Waals surface area (Å²) < 4.78 is 0.613. The van der Waals surface area contributed by atoms with Crippen molar-refractivity contribution in [2.45, 2.75) is 0 Å². The first kappa shape index (κ1) is 17.3. The molecule has 0 fully saturated rings. The van der Waals surface area contributed by atoms with Crippen molar-refractivity contribution in [1.29, 1.82) is 0 Å². The standard InChI is InChI=1S/C7H5BrO2.C7H5NO4/c8-6-4-2-1-3-5(6)7(9)10;9-7(10)5-2-1-3-6(4-5)8(11)12/h1-4H,(H,9,10);1-4H,(H,9,10). The minimum atomic E-state index is -1.17. The molecule has 0 saturated carbocycles. The van der Waals surface area contributed by atoms with Gasteiger partial charge in [-0.25, -0.2) is 9.59 Å². The smallest absolute Gasteiger partial charge is 0.336 e. The average molecular weight is 368 g/mol. The second-order valence-electron chi connectivity index (χ2n) is 3.90. The highest BCUT2D eigenvalue weighted by molar-refractivity contribution is 9.10. The Morgan fingerprint density at radius 3 is 2.09 bits per heavy atom. The topological polar surface area (TPSA) is 118 Å². The normalized spacial score (nSPS) is 9.32. The average Bonchev–Trinajstić information content (AvgIpc) is 2.48. The van der Waals surface area contributed by atoms with Crippen LogP contribution in [0.15, 0.2) is 53.0 Å². The Labute approximate surface area is 133 Å². The molecule has 0 aromatic heterocycles. The summed E-state index contributed by atoms with van der Waals surface area (Å²) in [6.07, 6.45) is 0. The van der Waals surface area contributed by atoms with Crippen LogP contribution in [0.25, 0.3) is 0 Å². The molecule has 0 amide bonds. The monoisotopic (exact) mass is 367 g/mol. The van der Waals surface area contributed by atoms with Crippen LogP contribution < -0.4 is 0 Å². The zero-order valence-electron chi connectivity index (χ0n) is 11.0. The first-order valence-corrected chi connectivity index (χ1v) is 6.57. The van der Waals surface area contributed by atoms with Crippen LogP contribution in [0.1, 0.15) is 20.7 Å². The first-order chi connectivity index (χ1) is 10.3. The summed E-state index contributed by atoms with van der Waals surface area (Å²) >= 11 is 3.12. The van der Waals surface area contributed by atoms with Crippen LogP contribution in [0, 0.1) is 10.1 Å². The summed E-state index contributed by atoms with van der Waals surface area (Å²) in [4.78, 5) is 30.3. The Kier molecular flexibility index (Phi) is 6.21. The largest absolute Gasteiger partial charge is 0.478 e. The Hall–Kier alpha value is -2.74. The number of carboxylic acid groups (broad SMARTS) is 2. The molecule has 0 heterocycles. The van der Waals surface area contributed by atoms with E-state index < -0.39 is 16.9 Å². The van der Waals surface area contributed by atoms with E-state index in [4.69, 9.17) is 10.2 Å². The molecule has 2 aromatic carbocycles. The van der Waals surface area contributed by atoms with Crippen molar-refractivity contribution in [2.24, 2.45) is 0 Å². The van der Waals surface area contributed by atoms with E-state index in [9.17, 15) is 19.7 Å². The summed E-state index contributed by atoms with van der Waals surface area (Å²) in [6, 6.07) is 11.6. The molecule has 22 heavy (non-hydrogen) atoms. The maximum absolute atomic E-state index is 10.4. The van der Waals surface area contributed by atoms with Gasteiger partial charge in [0.1, 0.15) is 0 Å². The van der Waals surface area contributed by atoms with Crippen LogP contribution in [-0.4, -0.2) is 27.1 Å². The van der Waals surface area contributed by atoms with Crippen molar-refractivity contribution < 1.29 is 24.7 Å². The number of carbonyl (C=O) groups is 2. The van der Waals surface area contributed by atoms with Crippen molar-refractivity contribution in [3.63, 3.8) is 0 Å². The van der Waals surface area contributed by atoms with E-state index in [-0.39, 0.29) is 11.3 Å². The first-order valence-electron chi connectivity index (χ1n) is 5.78. The lowest BCUT2D eigenvalue weighted by Gasteiger charge is -1.94. The molecule has 0 radical (unpaired) electrons. The third-order valence-electron chi connectivity index (χ3n) is 2.41. The minimum Gasteiger partial charge on any atom is -0.478 e. The lowest BCUT2D eigenvalue weighted by molar-refractivity contribution is -0.384. The number of rotatable bonds is 3. The molecule has 0 aliphatic heterocycles. The van der Waals surface area contributed by atoms with Crippen LogP contribution in [0.3, 0.4) is 0 Å². The number of aromatic carboxylic acids is 2. The molecule has 0 aliphatic carbocycles. The molecule has 7 nitrogen and oxygen atoms in total. The summed E-state index contributed by atoms with van der Waals surface area (Å²) in [5.41, 5.74) is 0.00148. The molecule has 0 spiro atoms. The van der Waals surface area contributed by atoms with Crippen molar-refractivity contribution in [1.82, 2.24) is 0 Å². The van der Waals surface area contributed by atoms with Gasteiger partial charge in [0.2, 0.25) is 0 Å². The highest BCUT2D eigenvalue weighted by Crippen LogP contribution is 2.15. The number of benzene rings is 2. The molecule has 8 heteroatoms. The molecule has 0 atom stereocenters. The zero-order chi connectivity index (χ0) is 16.7. The third-order valence-corrected chi connectivity index (χ3v) is 3.10. The fourth-order valence-electron chi connectivity index (χ4n) is 1.39. The van der Waals surface area contributed by atoms with Gasteiger partial charge in [-0.05, 0) is 34.1 Å². The SMILES string of the molecule is O=C(O)c1cccc([N+](=O)[O-])c1.O=C(O)c1ccccc1Br. The van der Waals surface area contributed by atoms with Gasteiger partial charge in [-0.3, -0.25) is 10.1 Å². The molecule has 114 valence electrons. The zero-order valence-corrected chi connectivity index (χ0v) is 12.6. The predicted molar refractivity (Wildman–Crippen MR) is 81.2 cm³/mol. The van der Waals surface area contributed by atoms with E-state index in [1.165, 1.54) is 18.2 Å². The fourth-order valence-corrected chi connectivity index (χ4v) is 1.84. The number of nitrogens with zero attached hydrogens (tertiary/aromatic N) is 1. The van der Waals surface area contributed by atoms with E-state index in [1.54, 1.807) is 24.3 Å². The molecular formula is C14H10BrNO6. The molecule has 0 unspecified atom stereocenters. The molecule has 0 bridgehead atoms. The van der Waals surface area contributed by atoms with Gasteiger partial charge in [-0.2, -0.15) is 0 Å². The van der Waals surface area contributed by atoms with Crippen LogP contribution >= 0.6 is 15.9 Å². The number of nitro groups is 1. The van der Waals surface area contributed by atoms with Gasteiger partial charge >= 0.3 is 11.9 Å². The van der Waals surface area contributed by atoms with Gasteiger partial charge in [0.25, 0.3) is 5.69 Å². The molecule has 2 aromatic rings. The number of halogens is 1.